The summed E-state index contributed by atoms with van der Waals surface area (Å²) in [5, 5.41) is 0. The number of hydrogen-bond donors (Lipinski definition) is 0. The van der Waals surface area contributed by atoms with Crippen LogP contribution in [0.2, 0.25) is 0 Å². The first kappa shape index (κ1) is 10.1. The van der Waals surface area contributed by atoms with Gasteiger partial charge in [-0.25, -0.2) is 13.2 Å². The van der Waals surface area contributed by atoms with Crippen LogP contribution in [0.15, 0.2) is 24.3 Å². The zero-order chi connectivity index (χ0) is 10.1. The van der Waals surface area contributed by atoms with E-state index in [4.69, 9.17) is 0 Å². The van der Waals surface area contributed by atoms with Gasteiger partial charge in [-0.05, 0) is 12.1 Å². The van der Waals surface area contributed by atoms with E-state index in [-0.39, 0.29) is 5.56 Å². The summed E-state index contributed by atoms with van der Waals surface area (Å²) in [6.07, 6.45) is 0. The second kappa shape index (κ2) is 3.40. The quantitative estimate of drug-likeness (QED) is 0.665. The lowest BCUT2D eigenvalue weighted by Crippen LogP contribution is -2.20. The molecule has 1 rings (SSSR count). The zero-order valence-electron chi connectivity index (χ0n) is 7.52. The highest BCUT2D eigenvalue weighted by atomic mass is 19.3. The summed E-state index contributed by atoms with van der Waals surface area (Å²) in [5.41, 5.74) is -0.262. The van der Waals surface area contributed by atoms with Gasteiger partial charge in [-0.3, -0.25) is 0 Å². The molecule has 0 aromatic heterocycles. The molecule has 0 aliphatic carbocycles. The van der Waals surface area contributed by atoms with Crippen molar-refractivity contribution < 1.29 is 13.2 Å². The van der Waals surface area contributed by atoms with Crippen molar-refractivity contribution in [2.24, 2.45) is 5.92 Å². The minimum Gasteiger partial charge on any atom is -0.207 e. The van der Waals surface area contributed by atoms with Gasteiger partial charge in [0.05, 0.1) is 0 Å². The van der Waals surface area contributed by atoms with Crippen molar-refractivity contribution in [2.75, 3.05) is 0 Å². The second-order valence-electron chi connectivity index (χ2n) is 3.29. The first-order valence-electron chi connectivity index (χ1n) is 4.08. The molecule has 72 valence electrons. The molecule has 3 heteroatoms. The normalized spacial score (nSPS) is 12.2. The fourth-order valence-electron chi connectivity index (χ4n) is 1.03. The van der Waals surface area contributed by atoms with Crippen LogP contribution in [-0.2, 0) is 5.92 Å². The molecule has 0 fully saturated rings. The molecule has 0 unspecified atom stereocenters. The molecule has 13 heavy (non-hydrogen) atoms. The van der Waals surface area contributed by atoms with Crippen molar-refractivity contribution >= 4 is 0 Å². The third-order valence-corrected chi connectivity index (χ3v) is 1.93. The first-order valence-corrected chi connectivity index (χ1v) is 4.08. The topological polar surface area (TPSA) is 0 Å². The van der Waals surface area contributed by atoms with Crippen molar-refractivity contribution in [3.8, 4) is 0 Å². The Labute approximate surface area is 75.4 Å². The lowest BCUT2D eigenvalue weighted by molar-refractivity contribution is -0.0516. The SMILES string of the molecule is CC(C)C(F)(F)c1cccc(F)c1. The molecule has 0 aliphatic heterocycles. The largest absolute Gasteiger partial charge is 0.275 e. The Kier molecular flexibility index (Phi) is 2.64. The van der Waals surface area contributed by atoms with Gasteiger partial charge in [-0.15, -0.1) is 0 Å². The van der Waals surface area contributed by atoms with Gasteiger partial charge in [-0.1, -0.05) is 26.0 Å². The summed E-state index contributed by atoms with van der Waals surface area (Å²) in [6.45, 7) is 2.82. The van der Waals surface area contributed by atoms with Crippen LogP contribution in [0.25, 0.3) is 0 Å². The van der Waals surface area contributed by atoms with E-state index in [1.54, 1.807) is 0 Å². The number of benzene rings is 1. The van der Waals surface area contributed by atoms with Crippen LogP contribution in [0, 0.1) is 11.7 Å². The standard InChI is InChI=1S/C10H11F3/c1-7(2)10(12,13)8-4-3-5-9(11)6-8/h3-7H,1-2H3. The van der Waals surface area contributed by atoms with E-state index in [0.29, 0.717) is 0 Å². The fourth-order valence-corrected chi connectivity index (χ4v) is 1.03. The Morgan fingerprint density at radius 2 is 1.85 bits per heavy atom. The smallest absolute Gasteiger partial charge is 0.207 e. The van der Waals surface area contributed by atoms with E-state index in [9.17, 15) is 13.2 Å². The predicted octanol–water partition coefficient (Wildman–Crippen LogP) is 3.57. The lowest BCUT2D eigenvalue weighted by atomic mass is 9.98. The minimum atomic E-state index is -2.96. The van der Waals surface area contributed by atoms with Crippen molar-refractivity contribution in [1.29, 1.82) is 0 Å². The Hall–Kier alpha value is -0.990. The monoisotopic (exact) mass is 188 g/mol. The maximum atomic E-state index is 13.3. The zero-order valence-corrected chi connectivity index (χ0v) is 7.52. The van der Waals surface area contributed by atoms with Crippen molar-refractivity contribution in [2.45, 2.75) is 19.8 Å². The predicted molar refractivity (Wildman–Crippen MR) is 45.1 cm³/mol. The molecule has 0 spiro atoms. The fraction of sp³-hybridized carbons (Fsp3) is 0.400. The maximum absolute atomic E-state index is 13.3. The van der Waals surface area contributed by atoms with Gasteiger partial charge >= 0.3 is 0 Å². The van der Waals surface area contributed by atoms with E-state index in [2.05, 4.69) is 0 Å². The third-order valence-electron chi connectivity index (χ3n) is 1.93. The summed E-state index contributed by atoms with van der Waals surface area (Å²) in [5.74, 6) is -4.41. The molecule has 0 saturated carbocycles. The molecule has 0 atom stereocenters. The van der Waals surface area contributed by atoms with E-state index in [1.165, 1.54) is 26.0 Å². The van der Waals surface area contributed by atoms with Gasteiger partial charge in [-0.2, -0.15) is 0 Å². The molecule has 1 aromatic rings. The van der Waals surface area contributed by atoms with Gasteiger partial charge in [0.2, 0.25) is 0 Å². The first-order chi connectivity index (χ1) is 5.94. The molecule has 0 N–H and O–H groups in total. The highest BCUT2D eigenvalue weighted by Gasteiger charge is 2.35. The van der Waals surface area contributed by atoms with Crippen molar-refractivity contribution in [3.63, 3.8) is 0 Å². The van der Waals surface area contributed by atoms with Crippen molar-refractivity contribution in [1.82, 2.24) is 0 Å². The molecule has 0 amide bonds. The summed E-state index contributed by atoms with van der Waals surface area (Å²) < 4.78 is 39.2. The van der Waals surface area contributed by atoms with Crippen LogP contribution in [-0.4, -0.2) is 0 Å². The molecule has 0 bridgehead atoms. The van der Waals surface area contributed by atoms with E-state index < -0.39 is 17.7 Å². The Morgan fingerprint density at radius 1 is 1.23 bits per heavy atom. The lowest BCUT2D eigenvalue weighted by Gasteiger charge is -2.20. The summed E-state index contributed by atoms with van der Waals surface area (Å²) in [7, 11) is 0. The maximum Gasteiger partial charge on any atom is 0.275 e. The summed E-state index contributed by atoms with van der Waals surface area (Å²) >= 11 is 0. The van der Waals surface area contributed by atoms with Gasteiger partial charge in [0.25, 0.3) is 5.92 Å². The van der Waals surface area contributed by atoms with Gasteiger partial charge in [0.15, 0.2) is 0 Å². The molecular weight excluding hydrogens is 177 g/mol. The minimum absolute atomic E-state index is 0.262. The van der Waals surface area contributed by atoms with Gasteiger partial charge < -0.3 is 0 Å². The van der Waals surface area contributed by atoms with Crippen LogP contribution in [0.5, 0.6) is 0 Å². The van der Waals surface area contributed by atoms with Crippen LogP contribution in [0.3, 0.4) is 0 Å². The Morgan fingerprint density at radius 3 is 2.31 bits per heavy atom. The molecule has 0 radical (unpaired) electrons. The summed E-state index contributed by atoms with van der Waals surface area (Å²) in [6, 6.07) is 4.56. The highest BCUT2D eigenvalue weighted by Crippen LogP contribution is 2.35. The molecule has 1 aromatic carbocycles. The average molecular weight is 188 g/mol. The van der Waals surface area contributed by atoms with E-state index in [1.807, 2.05) is 0 Å². The van der Waals surface area contributed by atoms with Crippen LogP contribution >= 0.6 is 0 Å². The average Bonchev–Trinajstić information content (AvgIpc) is 2.04. The van der Waals surface area contributed by atoms with Gasteiger partial charge in [0, 0.05) is 11.5 Å². The number of alkyl halides is 2. The van der Waals surface area contributed by atoms with Crippen LogP contribution < -0.4 is 0 Å². The third kappa shape index (κ3) is 2.02. The highest BCUT2D eigenvalue weighted by molar-refractivity contribution is 5.21. The van der Waals surface area contributed by atoms with Gasteiger partial charge in [0.1, 0.15) is 5.82 Å². The Balaban J connectivity index is 3.07. The number of hydrogen-bond acceptors (Lipinski definition) is 0. The molecular formula is C10H11F3. The molecule has 0 heterocycles. The molecule has 0 nitrogen and oxygen atoms in total. The Bertz CT molecular complexity index is 292. The van der Waals surface area contributed by atoms with Crippen LogP contribution in [0.4, 0.5) is 13.2 Å². The number of halogens is 3. The van der Waals surface area contributed by atoms with E-state index in [0.717, 1.165) is 12.1 Å². The van der Waals surface area contributed by atoms with Crippen LogP contribution in [0.1, 0.15) is 19.4 Å². The van der Waals surface area contributed by atoms with E-state index >= 15 is 0 Å². The van der Waals surface area contributed by atoms with Crippen molar-refractivity contribution in [3.05, 3.63) is 35.6 Å². The number of rotatable bonds is 2. The molecule has 0 saturated heterocycles. The molecule has 0 aliphatic rings. The summed E-state index contributed by atoms with van der Waals surface area (Å²) in [4.78, 5) is 0. The second-order valence-corrected chi connectivity index (χ2v) is 3.29.